The summed E-state index contributed by atoms with van der Waals surface area (Å²) in [7, 11) is 0. The van der Waals surface area contributed by atoms with E-state index in [4.69, 9.17) is 5.11 Å². The van der Waals surface area contributed by atoms with Crippen LogP contribution in [0.4, 0.5) is 0 Å². The molecule has 122 valence electrons. The predicted molar refractivity (Wildman–Crippen MR) is 82.4 cm³/mol. The molecule has 0 bridgehead atoms. The fourth-order valence-corrected chi connectivity index (χ4v) is 2.08. The summed E-state index contributed by atoms with van der Waals surface area (Å²) in [6.45, 7) is 3.23. The first-order valence-corrected chi connectivity index (χ1v) is 7.35. The second-order valence-electron chi connectivity index (χ2n) is 5.18. The van der Waals surface area contributed by atoms with E-state index in [2.05, 4.69) is 15.4 Å². The molecule has 0 saturated heterocycles. The van der Waals surface area contributed by atoms with Crippen molar-refractivity contribution in [2.24, 2.45) is 0 Å². The summed E-state index contributed by atoms with van der Waals surface area (Å²) in [5.41, 5.74) is 0.801. The van der Waals surface area contributed by atoms with Gasteiger partial charge in [-0.1, -0.05) is 37.3 Å². The SMILES string of the molecule is CCC(C)N(CC(=O)O)C(=O)Cn1nnc(-c2ccccc2)n1. The molecular weight excluding hydrogens is 298 g/mol. The fraction of sp³-hybridized carbons (Fsp3) is 0.400. The zero-order chi connectivity index (χ0) is 16.8. The van der Waals surface area contributed by atoms with Crippen LogP contribution >= 0.6 is 0 Å². The lowest BCUT2D eigenvalue weighted by molar-refractivity contribution is -0.146. The Bertz CT molecular complexity index is 671. The van der Waals surface area contributed by atoms with E-state index in [1.54, 1.807) is 0 Å². The zero-order valence-electron chi connectivity index (χ0n) is 13.1. The van der Waals surface area contributed by atoms with Crippen molar-refractivity contribution in [1.29, 1.82) is 0 Å². The van der Waals surface area contributed by atoms with Crippen molar-refractivity contribution in [3.8, 4) is 11.4 Å². The van der Waals surface area contributed by atoms with Crippen LogP contribution in [0.3, 0.4) is 0 Å². The molecule has 0 spiro atoms. The minimum Gasteiger partial charge on any atom is -0.480 e. The lowest BCUT2D eigenvalue weighted by Gasteiger charge is -2.26. The standard InChI is InChI=1S/C15H19N5O3/c1-3-11(2)19(10-14(22)23)13(21)9-20-17-15(16-18-20)12-7-5-4-6-8-12/h4-8,11H,3,9-10H2,1-2H3,(H,22,23). The molecule has 1 unspecified atom stereocenters. The molecule has 0 aliphatic heterocycles. The van der Waals surface area contributed by atoms with E-state index < -0.39 is 5.97 Å². The third-order valence-corrected chi connectivity index (χ3v) is 3.51. The average Bonchev–Trinajstić information content (AvgIpc) is 3.01. The van der Waals surface area contributed by atoms with E-state index in [-0.39, 0.29) is 25.0 Å². The number of tetrazole rings is 1. The van der Waals surface area contributed by atoms with Gasteiger partial charge in [-0.25, -0.2) is 0 Å². The second-order valence-corrected chi connectivity index (χ2v) is 5.18. The highest BCUT2D eigenvalue weighted by molar-refractivity contribution is 5.81. The summed E-state index contributed by atoms with van der Waals surface area (Å²) in [5.74, 6) is -0.972. The molecule has 0 saturated carbocycles. The Morgan fingerprint density at radius 1 is 1.30 bits per heavy atom. The molecule has 0 aliphatic rings. The Morgan fingerprint density at radius 3 is 2.61 bits per heavy atom. The Balaban J connectivity index is 2.10. The van der Waals surface area contributed by atoms with Crippen LogP contribution in [0.5, 0.6) is 0 Å². The quantitative estimate of drug-likeness (QED) is 0.819. The van der Waals surface area contributed by atoms with Gasteiger partial charge in [0.15, 0.2) is 0 Å². The zero-order valence-corrected chi connectivity index (χ0v) is 13.1. The van der Waals surface area contributed by atoms with Gasteiger partial charge in [-0.15, -0.1) is 10.2 Å². The topological polar surface area (TPSA) is 101 Å². The molecule has 8 heteroatoms. The van der Waals surface area contributed by atoms with Gasteiger partial charge in [-0.3, -0.25) is 9.59 Å². The van der Waals surface area contributed by atoms with E-state index in [1.807, 2.05) is 44.2 Å². The van der Waals surface area contributed by atoms with Crippen molar-refractivity contribution in [3.63, 3.8) is 0 Å². The van der Waals surface area contributed by atoms with E-state index in [1.165, 1.54) is 9.70 Å². The summed E-state index contributed by atoms with van der Waals surface area (Å²) >= 11 is 0. The van der Waals surface area contributed by atoms with Crippen molar-refractivity contribution in [2.45, 2.75) is 32.9 Å². The lowest BCUT2D eigenvalue weighted by Crippen LogP contribution is -2.43. The van der Waals surface area contributed by atoms with Gasteiger partial charge in [0.2, 0.25) is 11.7 Å². The molecule has 1 atom stereocenters. The molecule has 0 aliphatic carbocycles. The molecule has 1 aromatic heterocycles. The van der Waals surface area contributed by atoms with Gasteiger partial charge >= 0.3 is 5.97 Å². The molecule has 2 rings (SSSR count). The van der Waals surface area contributed by atoms with Gasteiger partial charge in [-0.2, -0.15) is 4.80 Å². The minimum absolute atomic E-state index is 0.141. The number of carbonyl (C=O) groups is 2. The van der Waals surface area contributed by atoms with Crippen molar-refractivity contribution in [2.75, 3.05) is 6.54 Å². The van der Waals surface area contributed by atoms with Crippen molar-refractivity contribution in [1.82, 2.24) is 25.1 Å². The molecule has 1 aromatic carbocycles. The highest BCUT2D eigenvalue weighted by Crippen LogP contribution is 2.12. The van der Waals surface area contributed by atoms with E-state index in [0.717, 1.165) is 5.56 Å². The number of aliphatic carboxylic acids is 1. The van der Waals surface area contributed by atoms with Crippen LogP contribution in [-0.2, 0) is 16.1 Å². The maximum absolute atomic E-state index is 12.3. The number of carboxylic acids is 1. The van der Waals surface area contributed by atoms with Gasteiger partial charge in [0, 0.05) is 11.6 Å². The highest BCUT2D eigenvalue weighted by Gasteiger charge is 2.22. The molecule has 23 heavy (non-hydrogen) atoms. The van der Waals surface area contributed by atoms with Gasteiger partial charge < -0.3 is 10.0 Å². The summed E-state index contributed by atoms with van der Waals surface area (Å²) in [5, 5.41) is 20.9. The van der Waals surface area contributed by atoms with Gasteiger partial charge in [0.25, 0.3) is 0 Å². The van der Waals surface area contributed by atoms with Gasteiger partial charge in [0.05, 0.1) is 0 Å². The number of nitrogens with zero attached hydrogens (tertiary/aromatic N) is 5. The van der Waals surface area contributed by atoms with Crippen molar-refractivity contribution < 1.29 is 14.7 Å². The predicted octanol–water partition coefficient (Wildman–Crippen LogP) is 1.05. The molecule has 1 amide bonds. The van der Waals surface area contributed by atoms with Crippen LogP contribution in [0.2, 0.25) is 0 Å². The number of carboxylic acid groups (broad SMARTS) is 1. The van der Waals surface area contributed by atoms with Crippen molar-refractivity contribution in [3.05, 3.63) is 30.3 Å². The molecule has 1 heterocycles. The summed E-state index contributed by atoms with van der Waals surface area (Å²) in [6.07, 6.45) is 0.666. The Kier molecular flexibility index (Phi) is 5.40. The smallest absolute Gasteiger partial charge is 0.323 e. The first-order chi connectivity index (χ1) is 11.0. The highest BCUT2D eigenvalue weighted by atomic mass is 16.4. The van der Waals surface area contributed by atoms with Crippen LogP contribution in [0, 0.1) is 0 Å². The maximum Gasteiger partial charge on any atom is 0.323 e. The van der Waals surface area contributed by atoms with E-state index >= 15 is 0 Å². The monoisotopic (exact) mass is 317 g/mol. The molecule has 1 N–H and O–H groups in total. The maximum atomic E-state index is 12.3. The molecular formula is C15H19N5O3. The third kappa shape index (κ3) is 4.35. The largest absolute Gasteiger partial charge is 0.480 e. The number of carbonyl (C=O) groups excluding carboxylic acids is 1. The minimum atomic E-state index is -1.05. The summed E-state index contributed by atoms with van der Waals surface area (Å²) in [6, 6.07) is 9.12. The number of hydrogen-bond acceptors (Lipinski definition) is 5. The van der Waals surface area contributed by atoms with Gasteiger partial charge in [-0.05, 0) is 18.6 Å². The molecule has 2 aromatic rings. The first kappa shape index (κ1) is 16.6. The first-order valence-electron chi connectivity index (χ1n) is 7.35. The van der Waals surface area contributed by atoms with Crippen LogP contribution in [0.15, 0.2) is 30.3 Å². The lowest BCUT2D eigenvalue weighted by atomic mass is 10.2. The van der Waals surface area contributed by atoms with Crippen LogP contribution in [0.1, 0.15) is 20.3 Å². The normalized spacial score (nSPS) is 11.9. The van der Waals surface area contributed by atoms with Gasteiger partial charge in [0.1, 0.15) is 13.1 Å². The van der Waals surface area contributed by atoms with E-state index in [9.17, 15) is 9.59 Å². The molecule has 0 radical (unpaired) electrons. The number of amides is 1. The third-order valence-electron chi connectivity index (χ3n) is 3.51. The average molecular weight is 317 g/mol. The van der Waals surface area contributed by atoms with Crippen LogP contribution in [-0.4, -0.2) is 54.7 Å². The Hall–Kier alpha value is -2.77. The van der Waals surface area contributed by atoms with Crippen LogP contribution < -0.4 is 0 Å². The number of hydrogen-bond donors (Lipinski definition) is 1. The number of aromatic nitrogens is 4. The summed E-state index contributed by atoms with van der Waals surface area (Å²) < 4.78 is 0. The summed E-state index contributed by atoms with van der Waals surface area (Å²) in [4.78, 5) is 25.8. The number of benzene rings is 1. The molecule has 0 fully saturated rings. The Labute approximate surface area is 133 Å². The van der Waals surface area contributed by atoms with Crippen molar-refractivity contribution >= 4 is 11.9 Å². The second kappa shape index (κ2) is 7.48. The number of rotatable bonds is 7. The fourth-order valence-electron chi connectivity index (χ4n) is 2.08. The van der Waals surface area contributed by atoms with Crippen LogP contribution in [0.25, 0.3) is 11.4 Å². The molecule has 8 nitrogen and oxygen atoms in total. The van der Waals surface area contributed by atoms with E-state index in [0.29, 0.717) is 12.2 Å². The Morgan fingerprint density at radius 2 is 2.00 bits per heavy atom.